The van der Waals surface area contributed by atoms with E-state index in [4.69, 9.17) is 4.74 Å². The molecule has 0 fully saturated rings. The molecule has 1 heterocycles. The summed E-state index contributed by atoms with van der Waals surface area (Å²) < 4.78 is 32.7. The Morgan fingerprint density at radius 3 is 2.59 bits per heavy atom. The molecule has 0 saturated carbocycles. The van der Waals surface area contributed by atoms with Crippen LogP contribution in [0.4, 0.5) is 19.4 Å². The molecule has 8 nitrogen and oxygen atoms in total. The molecule has 3 N–H and O–H groups in total. The van der Waals surface area contributed by atoms with Gasteiger partial charge in [0.05, 0.1) is 12.1 Å². The minimum absolute atomic E-state index is 0.0167. The van der Waals surface area contributed by atoms with Crippen LogP contribution in [0, 0.1) is 11.6 Å². The number of pyridine rings is 1. The fourth-order valence-electron chi connectivity index (χ4n) is 3.46. The maximum Gasteiger partial charge on any atom is 0.412 e. The zero-order valence-corrected chi connectivity index (χ0v) is 18.8. The predicted octanol–water partition coefficient (Wildman–Crippen LogP) is 3.75. The molecule has 0 aliphatic heterocycles. The summed E-state index contributed by atoms with van der Waals surface area (Å²) in [6.07, 6.45) is 0.0693. The molecule has 0 aliphatic rings. The maximum atomic E-state index is 14.0. The van der Waals surface area contributed by atoms with Gasteiger partial charge in [0.25, 0.3) is 0 Å². The largest absolute Gasteiger partial charge is 0.447 e. The van der Waals surface area contributed by atoms with Crippen LogP contribution in [0.1, 0.15) is 25.8 Å². The number of hydrogen-bond acceptors (Lipinski definition) is 6. The molecule has 2 amide bonds. The van der Waals surface area contributed by atoms with Gasteiger partial charge in [-0.25, -0.2) is 24.0 Å². The van der Waals surface area contributed by atoms with E-state index in [1.54, 1.807) is 12.3 Å². The van der Waals surface area contributed by atoms with E-state index in [2.05, 4.69) is 15.7 Å². The van der Waals surface area contributed by atoms with Crippen molar-refractivity contribution in [3.8, 4) is 0 Å². The normalized spacial score (nSPS) is 12.7. The number of ether oxygens (including phenoxy) is 1. The topological polar surface area (TPSA) is 104 Å². The Labute approximate surface area is 195 Å². The highest BCUT2D eigenvalue weighted by Crippen LogP contribution is 2.17. The van der Waals surface area contributed by atoms with Crippen molar-refractivity contribution in [1.29, 1.82) is 0 Å². The van der Waals surface area contributed by atoms with Crippen molar-refractivity contribution in [2.75, 3.05) is 11.9 Å². The zero-order valence-electron chi connectivity index (χ0n) is 18.8. The molecule has 34 heavy (non-hydrogen) atoms. The first-order valence-electron chi connectivity index (χ1n) is 10.7. The fraction of sp³-hybridized carbons (Fsp3) is 0.292. The van der Waals surface area contributed by atoms with Gasteiger partial charge in [-0.3, -0.25) is 15.1 Å². The molecule has 0 saturated heterocycles. The lowest BCUT2D eigenvalue weighted by Crippen LogP contribution is -2.51. The number of aliphatic hydroxyl groups excluding tert-OH is 1. The van der Waals surface area contributed by atoms with E-state index in [0.29, 0.717) is 5.82 Å². The molecule has 2 atom stereocenters. The zero-order chi connectivity index (χ0) is 24.7. The molecular formula is C24H26F2N4O4. The lowest BCUT2D eigenvalue weighted by molar-refractivity contribution is -0.137. The minimum atomic E-state index is -1.02. The van der Waals surface area contributed by atoms with Crippen molar-refractivity contribution in [2.45, 2.75) is 39.0 Å². The van der Waals surface area contributed by atoms with Gasteiger partial charge in [-0.05, 0) is 30.9 Å². The Morgan fingerprint density at radius 2 is 1.88 bits per heavy atom. The van der Waals surface area contributed by atoms with Crippen molar-refractivity contribution in [2.24, 2.45) is 0 Å². The van der Waals surface area contributed by atoms with E-state index >= 15 is 0 Å². The SMILES string of the molecule is CC(=O)N(NCc1cccc(F)c1F)[C@H](COC(=O)Nc1cc2ccccc2cn1)CC(C)O. The summed E-state index contributed by atoms with van der Waals surface area (Å²) in [5.41, 5.74) is 2.76. The monoisotopic (exact) mass is 472 g/mol. The summed E-state index contributed by atoms with van der Waals surface area (Å²) in [5, 5.41) is 15.3. The van der Waals surface area contributed by atoms with Gasteiger partial charge in [0.15, 0.2) is 11.6 Å². The standard InChI is InChI=1S/C24H26F2N4O4/c1-15(31)10-20(30(16(2)32)28-13-19-8-5-9-21(25)23(19)26)14-34-24(33)29-22-11-17-6-3-4-7-18(17)12-27-22/h3-9,11-12,15,20,28,31H,10,13-14H2,1-2H3,(H,27,29,33)/t15?,20-/m0/s1. The van der Waals surface area contributed by atoms with Gasteiger partial charge in [-0.1, -0.05) is 36.4 Å². The molecule has 2 aromatic carbocycles. The van der Waals surface area contributed by atoms with Gasteiger partial charge < -0.3 is 9.84 Å². The van der Waals surface area contributed by atoms with Crippen LogP contribution in [-0.4, -0.2) is 45.9 Å². The van der Waals surface area contributed by atoms with Crippen molar-refractivity contribution in [3.05, 3.63) is 71.9 Å². The van der Waals surface area contributed by atoms with Crippen LogP contribution < -0.4 is 10.7 Å². The highest BCUT2D eigenvalue weighted by atomic mass is 19.2. The summed E-state index contributed by atoms with van der Waals surface area (Å²) in [5.74, 6) is -2.19. The Kier molecular flexibility index (Phi) is 8.44. The van der Waals surface area contributed by atoms with Gasteiger partial charge in [0.2, 0.25) is 5.91 Å². The molecule has 1 unspecified atom stereocenters. The third-order valence-corrected chi connectivity index (χ3v) is 5.06. The number of rotatable bonds is 9. The Balaban J connectivity index is 1.65. The number of aliphatic hydroxyl groups is 1. The molecule has 3 aromatic rings. The van der Waals surface area contributed by atoms with E-state index in [0.717, 1.165) is 21.8 Å². The van der Waals surface area contributed by atoms with Crippen LogP contribution in [0.5, 0.6) is 0 Å². The predicted molar refractivity (Wildman–Crippen MR) is 123 cm³/mol. The van der Waals surface area contributed by atoms with Gasteiger partial charge >= 0.3 is 6.09 Å². The molecule has 1 aromatic heterocycles. The molecule has 180 valence electrons. The average Bonchev–Trinajstić information content (AvgIpc) is 2.79. The number of carbonyl (C=O) groups is 2. The van der Waals surface area contributed by atoms with Crippen LogP contribution in [0.15, 0.2) is 54.7 Å². The number of nitrogens with one attached hydrogen (secondary N) is 2. The lowest BCUT2D eigenvalue weighted by Gasteiger charge is -2.32. The van der Waals surface area contributed by atoms with E-state index in [9.17, 15) is 23.5 Å². The van der Waals surface area contributed by atoms with Gasteiger partial charge in [0.1, 0.15) is 12.4 Å². The van der Waals surface area contributed by atoms with Gasteiger partial charge in [0, 0.05) is 30.6 Å². The number of amides is 2. The van der Waals surface area contributed by atoms with Gasteiger partial charge in [-0.15, -0.1) is 0 Å². The smallest absolute Gasteiger partial charge is 0.412 e. The average molecular weight is 472 g/mol. The summed E-state index contributed by atoms with van der Waals surface area (Å²) >= 11 is 0. The Hall–Kier alpha value is -3.63. The van der Waals surface area contributed by atoms with Crippen LogP contribution in [-0.2, 0) is 16.1 Å². The summed E-state index contributed by atoms with van der Waals surface area (Å²) in [6, 6.07) is 12.2. The molecule has 0 radical (unpaired) electrons. The van der Waals surface area contributed by atoms with Crippen LogP contribution in [0.3, 0.4) is 0 Å². The first-order chi connectivity index (χ1) is 16.2. The van der Waals surface area contributed by atoms with Crippen molar-refractivity contribution in [1.82, 2.24) is 15.4 Å². The van der Waals surface area contributed by atoms with Crippen LogP contribution in [0.25, 0.3) is 10.8 Å². The number of aromatic nitrogens is 1. The third-order valence-electron chi connectivity index (χ3n) is 5.06. The third kappa shape index (κ3) is 6.69. The number of carbonyl (C=O) groups excluding carboxylic acids is 2. The number of benzene rings is 2. The number of hydrogen-bond donors (Lipinski definition) is 3. The molecule has 10 heteroatoms. The van der Waals surface area contributed by atoms with E-state index in [-0.39, 0.29) is 25.1 Å². The highest BCUT2D eigenvalue weighted by molar-refractivity contribution is 5.89. The fourth-order valence-corrected chi connectivity index (χ4v) is 3.46. The first-order valence-corrected chi connectivity index (χ1v) is 10.7. The number of halogens is 2. The van der Waals surface area contributed by atoms with Crippen molar-refractivity contribution < 1.29 is 28.2 Å². The van der Waals surface area contributed by atoms with Crippen LogP contribution >= 0.6 is 0 Å². The molecule has 3 rings (SSSR count). The summed E-state index contributed by atoms with van der Waals surface area (Å²) in [6.45, 7) is 2.34. The Morgan fingerprint density at radius 1 is 1.15 bits per heavy atom. The number of anilines is 1. The molecular weight excluding hydrogens is 446 g/mol. The maximum absolute atomic E-state index is 14.0. The lowest BCUT2D eigenvalue weighted by atomic mass is 10.1. The van der Waals surface area contributed by atoms with Crippen molar-refractivity contribution >= 4 is 28.6 Å². The number of hydrazine groups is 1. The second kappa shape index (κ2) is 11.5. The summed E-state index contributed by atoms with van der Waals surface area (Å²) in [7, 11) is 0. The quantitative estimate of drug-likeness (QED) is 0.410. The first kappa shape index (κ1) is 25.0. The second-order valence-electron chi connectivity index (χ2n) is 7.82. The highest BCUT2D eigenvalue weighted by Gasteiger charge is 2.25. The summed E-state index contributed by atoms with van der Waals surface area (Å²) in [4.78, 5) is 28.8. The minimum Gasteiger partial charge on any atom is -0.447 e. The van der Waals surface area contributed by atoms with E-state index in [1.165, 1.54) is 26.0 Å². The van der Waals surface area contributed by atoms with Crippen molar-refractivity contribution in [3.63, 3.8) is 0 Å². The van der Waals surface area contributed by atoms with E-state index in [1.807, 2.05) is 24.3 Å². The number of nitrogens with zero attached hydrogens (tertiary/aromatic N) is 2. The second-order valence-corrected chi connectivity index (χ2v) is 7.82. The molecule has 0 aliphatic carbocycles. The molecule has 0 bridgehead atoms. The number of fused-ring (bicyclic) bond motifs is 1. The van der Waals surface area contributed by atoms with Gasteiger partial charge in [-0.2, -0.15) is 0 Å². The van der Waals surface area contributed by atoms with E-state index < -0.39 is 35.8 Å². The van der Waals surface area contributed by atoms with Crippen LogP contribution in [0.2, 0.25) is 0 Å². The molecule has 0 spiro atoms. The Bertz CT molecular complexity index is 1160.